The van der Waals surface area contributed by atoms with Crippen molar-refractivity contribution in [1.29, 1.82) is 0 Å². The Morgan fingerprint density at radius 2 is 2.18 bits per heavy atom. The quantitative estimate of drug-likeness (QED) is 0.859. The molecule has 0 saturated heterocycles. The van der Waals surface area contributed by atoms with Gasteiger partial charge in [-0.15, -0.1) is 0 Å². The van der Waals surface area contributed by atoms with Crippen LogP contribution in [-0.2, 0) is 4.79 Å². The lowest BCUT2D eigenvalue weighted by molar-refractivity contribution is -0.137. The monoisotopic (exact) mass is 257 g/mol. The van der Waals surface area contributed by atoms with Crippen LogP contribution in [0.3, 0.4) is 0 Å². The first-order valence-electron chi connectivity index (χ1n) is 5.14. The van der Waals surface area contributed by atoms with Gasteiger partial charge in [0, 0.05) is 6.04 Å². The van der Waals surface area contributed by atoms with Gasteiger partial charge in [-0.3, -0.25) is 4.79 Å². The molecule has 1 aromatic rings. The minimum Gasteiger partial charge on any atom is -0.486 e. The molecule has 1 atom stereocenters. The molecule has 0 radical (unpaired) electrons. The molecule has 92 valence electrons. The number of rotatable bonds is 3. The Labute approximate surface area is 103 Å². The molecule has 1 unspecified atom stereocenters. The maximum absolute atomic E-state index is 10.6. The molecule has 1 aliphatic heterocycles. The zero-order chi connectivity index (χ0) is 12.4. The van der Waals surface area contributed by atoms with Crippen molar-refractivity contribution in [2.45, 2.75) is 12.5 Å². The maximum Gasteiger partial charge on any atom is 0.305 e. The van der Waals surface area contributed by atoms with E-state index >= 15 is 0 Å². The van der Waals surface area contributed by atoms with Crippen LogP contribution in [0.15, 0.2) is 12.1 Å². The summed E-state index contributed by atoms with van der Waals surface area (Å²) in [5, 5.41) is 9.07. The molecule has 1 aliphatic rings. The zero-order valence-corrected chi connectivity index (χ0v) is 9.74. The second-order valence-corrected chi connectivity index (χ2v) is 4.14. The van der Waals surface area contributed by atoms with E-state index in [4.69, 9.17) is 31.9 Å². The fourth-order valence-corrected chi connectivity index (χ4v) is 1.92. The van der Waals surface area contributed by atoms with Crippen LogP contribution in [0, 0.1) is 0 Å². The highest BCUT2D eigenvalue weighted by atomic mass is 35.5. The molecule has 0 aliphatic carbocycles. The molecular formula is C11H12ClNO4. The van der Waals surface area contributed by atoms with Crippen LogP contribution in [0.4, 0.5) is 0 Å². The second kappa shape index (κ2) is 4.81. The molecule has 2 rings (SSSR count). The number of fused-ring (bicyclic) bond motifs is 1. The second-order valence-electron chi connectivity index (χ2n) is 3.73. The van der Waals surface area contributed by atoms with Gasteiger partial charge >= 0.3 is 5.97 Å². The lowest BCUT2D eigenvalue weighted by atomic mass is 10.0. The standard InChI is InChI=1S/C11H12ClNO4/c12-7-3-6(8(13)5-10(14)15)4-9-11(7)17-2-1-16-9/h3-4,8H,1-2,5,13H2,(H,14,15). The summed E-state index contributed by atoms with van der Waals surface area (Å²) in [6.07, 6.45) is -0.157. The molecule has 0 amide bonds. The van der Waals surface area contributed by atoms with Crippen molar-refractivity contribution in [3.8, 4) is 11.5 Å². The number of carboxylic acids is 1. The van der Waals surface area contributed by atoms with Gasteiger partial charge < -0.3 is 20.3 Å². The summed E-state index contributed by atoms with van der Waals surface area (Å²) in [5.74, 6) is 0.0484. The third kappa shape index (κ3) is 2.62. The van der Waals surface area contributed by atoms with Crippen LogP contribution in [0.2, 0.25) is 5.02 Å². The van der Waals surface area contributed by atoms with E-state index in [1.165, 1.54) is 0 Å². The largest absolute Gasteiger partial charge is 0.486 e. The van der Waals surface area contributed by atoms with Crippen molar-refractivity contribution < 1.29 is 19.4 Å². The van der Waals surface area contributed by atoms with E-state index in [1.807, 2.05) is 0 Å². The summed E-state index contributed by atoms with van der Waals surface area (Å²) in [6, 6.07) is 2.68. The van der Waals surface area contributed by atoms with E-state index in [9.17, 15) is 4.79 Å². The lowest BCUT2D eigenvalue weighted by Gasteiger charge is -2.21. The average Bonchev–Trinajstić information content (AvgIpc) is 2.28. The van der Waals surface area contributed by atoms with Crippen molar-refractivity contribution in [3.05, 3.63) is 22.7 Å². The Hall–Kier alpha value is -1.46. The molecule has 0 saturated carbocycles. The number of ether oxygens (including phenoxy) is 2. The number of benzene rings is 1. The summed E-state index contributed by atoms with van der Waals surface area (Å²) >= 11 is 6.02. The average molecular weight is 258 g/mol. The van der Waals surface area contributed by atoms with Gasteiger partial charge in [-0.1, -0.05) is 11.6 Å². The molecule has 1 heterocycles. The normalized spacial score (nSPS) is 15.4. The third-order valence-electron chi connectivity index (χ3n) is 2.44. The van der Waals surface area contributed by atoms with Gasteiger partial charge in [-0.25, -0.2) is 0 Å². The predicted molar refractivity (Wildman–Crippen MR) is 61.6 cm³/mol. The van der Waals surface area contributed by atoms with Crippen LogP contribution in [-0.4, -0.2) is 24.3 Å². The van der Waals surface area contributed by atoms with Gasteiger partial charge in [0.1, 0.15) is 13.2 Å². The van der Waals surface area contributed by atoms with Gasteiger partial charge in [0.25, 0.3) is 0 Å². The molecule has 0 aromatic heterocycles. The maximum atomic E-state index is 10.6. The van der Waals surface area contributed by atoms with E-state index in [1.54, 1.807) is 12.1 Å². The van der Waals surface area contributed by atoms with Crippen LogP contribution < -0.4 is 15.2 Å². The smallest absolute Gasteiger partial charge is 0.305 e. The number of halogens is 1. The summed E-state index contributed by atoms with van der Waals surface area (Å²) in [4.78, 5) is 10.6. The fraction of sp³-hybridized carbons (Fsp3) is 0.364. The van der Waals surface area contributed by atoms with Crippen molar-refractivity contribution in [3.63, 3.8) is 0 Å². The Kier molecular flexibility index (Phi) is 3.40. The molecule has 0 spiro atoms. The molecular weight excluding hydrogens is 246 g/mol. The van der Waals surface area contributed by atoms with Crippen LogP contribution in [0.5, 0.6) is 11.5 Å². The summed E-state index contributed by atoms with van der Waals surface area (Å²) in [5.41, 5.74) is 6.39. The van der Waals surface area contributed by atoms with Gasteiger partial charge in [-0.2, -0.15) is 0 Å². The van der Waals surface area contributed by atoms with Gasteiger partial charge in [-0.05, 0) is 17.7 Å². The number of hydrogen-bond acceptors (Lipinski definition) is 4. The lowest BCUT2D eigenvalue weighted by Crippen LogP contribution is -2.18. The van der Waals surface area contributed by atoms with E-state index in [-0.39, 0.29) is 6.42 Å². The number of aliphatic carboxylic acids is 1. The summed E-state index contributed by atoms with van der Waals surface area (Å²) < 4.78 is 10.7. The first kappa shape index (κ1) is 12.0. The summed E-state index contributed by atoms with van der Waals surface area (Å²) in [7, 11) is 0. The number of carbonyl (C=O) groups is 1. The fourth-order valence-electron chi connectivity index (χ4n) is 1.65. The molecule has 3 N–H and O–H groups in total. The van der Waals surface area contributed by atoms with Gasteiger partial charge in [0.15, 0.2) is 11.5 Å². The number of nitrogens with two attached hydrogens (primary N) is 1. The van der Waals surface area contributed by atoms with Crippen molar-refractivity contribution in [1.82, 2.24) is 0 Å². The first-order valence-corrected chi connectivity index (χ1v) is 5.52. The van der Waals surface area contributed by atoms with Crippen LogP contribution in [0.1, 0.15) is 18.0 Å². The molecule has 0 bridgehead atoms. The topological polar surface area (TPSA) is 81.8 Å². The highest BCUT2D eigenvalue weighted by molar-refractivity contribution is 6.32. The van der Waals surface area contributed by atoms with Gasteiger partial charge in [0.05, 0.1) is 11.4 Å². The molecule has 17 heavy (non-hydrogen) atoms. The van der Waals surface area contributed by atoms with E-state index < -0.39 is 12.0 Å². The molecule has 0 fully saturated rings. The first-order chi connectivity index (χ1) is 8.08. The highest BCUT2D eigenvalue weighted by Crippen LogP contribution is 2.39. The molecule has 1 aromatic carbocycles. The van der Waals surface area contributed by atoms with E-state index in [0.29, 0.717) is 35.3 Å². The minimum absolute atomic E-state index is 0.157. The molecule has 6 heteroatoms. The third-order valence-corrected chi connectivity index (χ3v) is 2.72. The SMILES string of the molecule is NC(CC(=O)O)c1cc(Cl)c2c(c1)OCCO2. The zero-order valence-electron chi connectivity index (χ0n) is 8.98. The Morgan fingerprint density at radius 3 is 2.88 bits per heavy atom. The van der Waals surface area contributed by atoms with Crippen LogP contribution in [0.25, 0.3) is 0 Å². The highest BCUT2D eigenvalue weighted by Gasteiger charge is 2.19. The van der Waals surface area contributed by atoms with Crippen LogP contribution >= 0.6 is 11.6 Å². The van der Waals surface area contributed by atoms with E-state index in [2.05, 4.69) is 0 Å². The minimum atomic E-state index is -0.955. The van der Waals surface area contributed by atoms with Crippen molar-refractivity contribution >= 4 is 17.6 Å². The van der Waals surface area contributed by atoms with Gasteiger partial charge in [0.2, 0.25) is 0 Å². The predicted octanol–water partition coefficient (Wildman–Crippen LogP) is 1.59. The molecule has 5 nitrogen and oxygen atoms in total. The Bertz CT molecular complexity index is 449. The van der Waals surface area contributed by atoms with Crippen molar-refractivity contribution in [2.75, 3.05) is 13.2 Å². The number of carboxylic acid groups (broad SMARTS) is 1. The Balaban J connectivity index is 2.30. The number of hydrogen-bond donors (Lipinski definition) is 2. The summed E-state index contributed by atoms with van der Waals surface area (Å²) in [6.45, 7) is 0.897. The van der Waals surface area contributed by atoms with E-state index in [0.717, 1.165) is 0 Å². The van der Waals surface area contributed by atoms with Crippen molar-refractivity contribution in [2.24, 2.45) is 5.73 Å². The Morgan fingerprint density at radius 1 is 1.47 bits per heavy atom.